The summed E-state index contributed by atoms with van der Waals surface area (Å²) in [6, 6.07) is 10.3. The molecule has 0 aliphatic carbocycles. The summed E-state index contributed by atoms with van der Waals surface area (Å²) in [6.45, 7) is 4.35. The molecule has 2 aromatic carbocycles. The van der Waals surface area contributed by atoms with Crippen molar-refractivity contribution in [3.05, 3.63) is 63.4 Å². The molecule has 1 amide bonds. The highest BCUT2D eigenvalue weighted by Crippen LogP contribution is 2.25. The quantitative estimate of drug-likeness (QED) is 0.475. The van der Waals surface area contributed by atoms with Crippen molar-refractivity contribution in [3.8, 4) is 0 Å². The average Bonchev–Trinajstić information content (AvgIpc) is 2.99. The summed E-state index contributed by atoms with van der Waals surface area (Å²) in [5.74, 6) is 0.0533. The van der Waals surface area contributed by atoms with Gasteiger partial charge in [0.2, 0.25) is 10.0 Å². The molecule has 0 radical (unpaired) electrons. The van der Waals surface area contributed by atoms with Crippen LogP contribution in [0.2, 0.25) is 10.0 Å². The Hall–Kier alpha value is -2.09. The number of rotatable bonds is 8. The predicted octanol–water partition coefficient (Wildman–Crippen LogP) is 4.95. The van der Waals surface area contributed by atoms with Crippen LogP contribution in [0.15, 0.2) is 36.4 Å². The molecule has 1 heterocycles. The Morgan fingerprint density at radius 2 is 1.87 bits per heavy atom. The maximum Gasteiger partial charge on any atom is 0.264 e. The van der Waals surface area contributed by atoms with E-state index in [0.717, 1.165) is 35.3 Å². The molecule has 0 fully saturated rings. The Morgan fingerprint density at radius 3 is 2.57 bits per heavy atom. The number of hydrogen-bond donors (Lipinski definition) is 1. The highest BCUT2D eigenvalue weighted by atomic mass is 35.5. The highest BCUT2D eigenvalue weighted by molar-refractivity contribution is 7.90. The number of carbonyl (C=O) groups excluding carboxylic acids is 1. The van der Waals surface area contributed by atoms with E-state index in [1.54, 1.807) is 30.3 Å². The number of aromatic nitrogens is 2. The van der Waals surface area contributed by atoms with Gasteiger partial charge in [0.1, 0.15) is 5.82 Å². The summed E-state index contributed by atoms with van der Waals surface area (Å²) >= 11 is 12.1. The van der Waals surface area contributed by atoms with Crippen molar-refractivity contribution < 1.29 is 13.2 Å². The molecular weight excluding hydrogens is 445 g/mol. The molecule has 3 rings (SSSR count). The lowest BCUT2D eigenvalue weighted by atomic mass is 10.2. The van der Waals surface area contributed by atoms with Crippen LogP contribution in [-0.2, 0) is 16.6 Å². The largest absolute Gasteiger partial charge is 0.324 e. The van der Waals surface area contributed by atoms with Gasteiger partial charge in [-0.2, -0.15) is 0 Å². The molecule has 6 nitrogen and oxygen atoms in total. The number of benzene rings is 2. The summed E-state index contributed by atoms with van der Waals surface area (Å²) in [4.78, 5) is 17.1. The number of nitrogens with zero attached hydrogens (tertiary/aromatic N) is 2. The molecule has 30 heavy (non-hydrogen) atoms. The summed E-state index contributed by atoms with van der Waals surface area (Å²) in [6.07, 6.45) is 2.23. The van der Waals surface area contributed by atoms with Gasteiger partial charge in [0.25, 0.3) is 5.91 Å². The average molecular weight is 468 g/mol. The monoisotopic (exact) mass is 467 g/mol. The lowest BCUT2D eigenvalue weighted by Gasteiger charge is -2.10. The maximum atomic E-state index is 12.5. The molecule has 0 aliphatic heterocycles. The number of nitrogens with one attached hydrogen (secondary N) is 1. The molecule has 1 N–H and O–H groups in total. The van der Waals surface area contributed by atoms with Crippen LogP contribution in [0.3, 0.4) is 0 Å². The number of fused-ring (bicyclic) bond motifs is 1. The van der Waals surface area contributed by atoms with Crippen LogP contribution >= 0.6 is 23.2 Å². The van der Waals surface area contributed by atoms with Crippen molar-refractivity contribution in [3.63, 3.8) is 0 Å². The van der Waals surface area contributed by atoms with Crippen LogP contribution in [0.5, 0.6) is 0 Å². The van der Waals surface area contributed by atoms with Crippen LogP contribution < -0.4 is 4.72 Å². The zero-order chi connectivity index (χ0) is 21.9. The third-order valence-electron chi connectivity index (χ3n) is 4.79. The molecule has 0 saturated heterocycles. The Balaban J connectivity index is 1.87. The second kappa shape index (κ2) is 9.37. The Kier molecular flexibility index (Phi) is 7.06. The maximum absolute atomic E-state index is 12.5. The lowest BCUT2D eigenvalue weighted by molar-refractivity contribution is 0.0981. The molecule has 0 bridgehead atoms. The topological polar surface area (TPSA) is 81.1 Å². The molecule has 0 aliphatic rings. The number of aryl methyl sites for hydroxylation is 1. The van der Waals surface area contributed by atoms with Crippen LogP contribution in [0.25, 0.3) is 11.0 Å². The Labute approximate surface area is 186 Å². The highest BCUT2D eigenvalue weighted by Gasteiger charge is 2.17. The summed E-state index contributed by atoms with van der Waals surface area (Å²) < 4.78 is 28.4. The summed E-state index contributed by atoms with van der Waals surface area (Å²) in [7, 11) is -3.67. The molecule has 0 unspecified atom stereocenters. The van der Waals surface area contributed by atoms with Crippen molar-refractivity contribution in [2.75, 3.05) is 5.75 Å². The van der Waals surface area contributed by atoms with Crippen molar-refractivity contribution in [1.82, 2.24) is 14.3 Å². The first-order chi connectivity index (χ1) is 14.2. The minimum atomic E-state index is -3.67. The van der Waals surface area contributed by atoms with Gasteiger partial charge in [-0.3, -0.25) is 4.79 Å². The van der Waals surface area contributed by atoms with Gasteiger partial charge >= 0.3 is 0 Å². The van der Waals surface area contributed by atoms with Crippen molar-refractivity contribution in [2.45, 2.75) is 39.7 Å². The van der Waals surface area contributed by atoms with E-state index in [9.17, 15) is 13.2 Å². The van der Waals surface area contributed by atoms with Crippen LogP contribution in [0.4, 0.5) is 0 Å². The van der Waals surface area contributed by atoms with E-state index in [-0.39, 0.29) is 11.3 Å². The Morgan fingerprint density at radius 1 is 1.10 bits per heavy atom. The smallest absolute Gasteiger partial charge is 0.264 e. The van der Waals surface area contributed by atoms with E-state index in [4.69, 9.17) is 23.2 Å². The third kappa shape index (κ3) is 5.33. The van der Waals surface area contributed by atoms with Crippen molar-refractivity contribution in [2.24, 2.45) is 0 Å². The van der Waals surface area contributed by atoms with Crippen LogP contribution in [0.1, 0.15) is 47.9 Å². The van der Waals surface area contributed by atoms with Gasteiger partial charge in [-0.1, -0.05) is 49.0 Å². The van der Waals surface area contributed by atoms with E-state index >= 15 is 0 Å². The first-order valence-electron chi connectivity index (χ1n) is 9.66. The third-order valence-corrected chi connectivity index (χ3v) is 6.85. The first kappa shape index (κ1) is 22.6. The summed E-state index contributed by atoms with van der Waals surface area (Å²) in [5.41, 5.74) is 2.64. The van der Waals surface area contributed by atoms with E-state index in [1.807, 2.05) is 24.5 Å². The van der Waals surface area contributed by atoms with Crippen molar-refractivity contribution >= 4 is 50.2 Å². The van der Waals surface area contributed by atoms with Gasteiger partial charge in [0.05, 0.1) is 26.8 Å². The van der Waals surface area contributed by atoms with Gasteiger partial charge in [0.15, 0.2) is 0 Å². The lowest BCUT2D eigenvalue weighted by Crippen LogP contribution is -2.32. The van der Waals surface area contributed by atoms with Crippen LogP contribution in [0, 0.1) is 6.92 Å². The second-order valence-corrected chi connectivity index (χ2v) is 9.81. The van der Waals surface area contributed by atoms with E-state index in [2.05, 4.69) is 9.71 Å². The van der Waals surface area contributed by atoms with Crippen LogP contribution in [-0.4, -0.2) is 29.6 Å². The molecule has 0 saturated carbocycles. The van der Waals surface area contributed by atoms with Gasteiger partial charge in [-0.25, -0.2) is 18.1 Å². The fourth-order valence-electron chi connectivity index (χ4n) is 3.20. The number of hydrogen-bond acceptors (Lipinski definition) is 4. The number of imidazole rings is 1. The molecule has 160 valence electrons. The molecule has 3 aromatic rings. The minimum absolute atomic E-state index is 0.0663. The molecule has 0 atom stereocenters. The number of halogens is 2. The fourth-order valence-corrected chi connectivity index (χ4v) is 4.61. The zero-order valence-electron chi connectivity index (χ0n) is 16.8. The van der Waals surface area contributed by atoms with Gasteiger partial charge in [-0.05, 0) is 49.2 Å². The SMILES string of the molecule is CCCCCS(=O)(=O)NC(=O)c1ccc2nc(C)n(Cc3ccc(Cl)c(Cl)c3)c2c1. The number of unbranched alkanes of at least 4 members (excludes halogenated alkanes) is 2. The first-order valence-corrected chi connectivity index (χ1v) is 12.1. The number of sulfonamides is 1. The fraction of sp³-hybridized carbons (Fsp3) is 0.333. The van der Waals surface area contributed by atoms with Gasteiger partial charge in [-0.15, -0.1) is 0 Å². The normalized spacial score (nSPS) is 11.7. The van der Waals surface area contributed by atoms with Crippen molar-refractivity contribution in [1.29, 1.82) is 0 Å². The molecule has 0 spiro atoms. The molecular formula is C21H23Cl2N3O3S. The Bertz CT molecular complexity index is 1190. The minimum Gasteiger partial charge on any atom is -0.324 e. The van der Waals surface area contributed by atoms with E-state index in [1.165, 1.54) is 0 Å². The molecule has 9 heteroatoms. The zero-order valence-corrected chi connectivity index (χ0v) is 19.1. The van der Waals surface area contributed by atoms with Gasteiger partial charge < -0.3 is 4.57 Å². The number of amides is 1. The molecule has 1 aromatic heterocycles. The standard InChI is InChI=1S/C21H23Cl2N3O3S/c1-3-4-5-10-30(28,29)25-21(27)16-7-9-19-20(12-16)26(14(2)24-19)13-15-6-8-17(22)18(23)11-15/h6-9,11-12H,3-5,10,13H2,1-2H3,(H,25,27). The predicted molar refractivity (Wildman–Crippen MR) is 121 cm³/mol. The number of carbonyl (C=O) groups is 1. The van der Waals surface area contributed by atoms with E-state index < -0.39 is 15.9 Å². The van der Waals surface area contributed by atoms with Gasteiger partial charge in [0, 0.05) is 12.1 Å². The van der Waals surface area contributed by atoms with E-state index in [0.29, 0.717) is 23.0 Å². The summed E-state index contributed by atoms with van der Waals surface area (Å²) in [5, 5.41) is 0.941. The second-order valence-electron chi connectivity index (χ2n) is 7.15.